The molecular formula is C20H22O6S2. The van der Waals surface area contributed by atoms with Crippen molar-refractivity contribution in [3.63, 3.8) is 0 Å². The van der Waals surface area contributed by atoms with Crippen LogP contribution in [-0.2, 0) is 28.7 Å². The van der Waals surface area contributed by atoms with E-state index >= 15 is 0 Å². The van der Waals surface area contributed by atoms with Crippen molar-refractivity contribution in [3.8, 4) is 0 Å². The molecule has 2 fully saturated rings. The molecule has 150 valence electrons. The van der Waals surface area contributed by atoms with Crippen molar-refractivity contribution in [1.82, 2.24) is 0 Å². The van der Waals surface area contributed by atoms with Gasteiger partial charge in [-0.1, -0.05) is 44.2 Å². The summed E-state index contributed by atoms with van der Waals surface area (Å²) in [5.74, 6) is -0.578. The number of benzene rings is 2. The molecule has 0 heterocycles. The number of Topliss-reactive ketones (excluding diaryl/α,β-unsaturated/α-hetero) is 1. The van der Waals surface area contributed by atoms with E-state index in [0.29, 0.717) is 18.2 Å². The average Bonchev–Trinajstić information content (AvgIpc) is 2.94. The van der Waals surface area contributed by atoms with Crippen molar-refractivity contribution in [3.05, 3.63) is 42.5 Å². The van der Waals surface area contributed by atoms with E-state index < -0.39 is 36.8 Å². The number of fused-ring (bicyclic) bond motifs is 3. The Bertz CT molecular complexity index is 1180. The lowest BCUT2D eigenvalue weighted by atomic mass is 9.70. The number of ketones is 1. The van der Waals surface area contributed by atoms with Gasteiger partial charge in [0.05, 0.1) is 16.1 Å². The van der Waals surface area contributed by atoms with Gasteiger partial charge in [-0.05, 0) is 47.1 Å². The SMILES string of the molecule is CC1(C)C2CCC1(CS(=O)(=O)OS(=O)(=O)c1ccc3ccccc3c1)C(=O)C2. The van der Waals surface area contributed by atoms with Crippen molar-refractivity contribution in [2.24, 2.45) is 16.7 Å². The second-order valence-electron chi connectivity index (χ2n) is 8.40. The first-order valence-corrected chi connectivity index (χ1v) is 12.2. The molecule has 0 aromatic heterocycles. The Morgan fingerprint density at radius 1 is 1.04 bits per heavy atom. The van der Waals surface area contributed by atoms with Crippen LogP contribution in [0.15, 0.2) is 47.4 Å². The minimum Gasteiger partial charge on any atom is -0.299 e. The van der Waals surface area contributed by atoms with Gasteiger partial charge < -0.3 is 0 Å². The summed E-state index contributed by atoms with van der Waals surface area (Å²) in [6.45, 7) is 3.78. The Morgan fingerprint density at radius 2 is 1.71 bits per heavy atom. The minimum atomic E-state index is -4.53. The van der Waals surface area contributed by atoms with Gasteiger partial charge in [-0.2, -0.15) is 16.8 Å². The lowest BCUT2D eigenvalue weighted by Crippen LogP contribution is -2.42. The van der Waals surface area contributed by atoms with Crippen LogP contribution in [0.2, 0.25) is 0 Å². The number of hydrogen-bond acceptors (Lipinski definition) is 6. The molecule has 2 aromatic carbocycles. The maximum absolute atomic E-state index is 12.7. The van der Waals surface area contributed by atoms with Crippen molar-refractivity contribution in [2.75, 3.05) is 5.75 Å². The molecule has 8 heteroatoms. The van der Waals surface area contributed by atoms with Crippen LogP contribution < -0.4 is 0 Å². The minimum absolute atomic E-state index is 0.107. The standard InChI is InChI=1S/C20H22O6S2/c1-19(2)16-9-10-20(19,18(21)12-16)13-27(22,23)26-28(24,25)17-8-7-14-5-3-4-6-15(14)11-17/h3-8,11,16H,9-10,12-13H2,1-2H3. The molecule has 4 rings (SSSR count). The van der Waals surface area contributed by atoms with Gasteiger partial charge in [0.15, 0.2) is 0 Å². The highest BCUT2D eigenvalue weighted by atomic mass is 32.3. The Labute approximate surface area is 165 Å². The summed E-state index contributed by atoms with van der Waals surface area (Å²) in [6.07, 6.45) is 1.56. The maximum Gasteiger partial charge on any atom is 0.311 e. The fourth-order valence-electron chi connectivity index (χ4n) is 4.93. The molecule has 2 saturated carbocycles. The predicted octanol–water partition coefficient (Wildman–Crippen LogP) is 3.27. The molecule has 0 radical (unpaired) electrons. The molecule has 2 aliphatic carbocycles. The van der Waals surface area contributed by atoms with Crippen LogP contribution in [-0.4, -0.2) is 28.4 Å². The number of carbonyl (C=O) groups excluding carboxylic acids is 1. The highest BCUT2D eigenvalue weighted by Gasteiger charge is 2.65. The fourth-order valence-corrected chi connectivity index (χ4v) is 8.32. The third-order valence-corrected chi connectivity index (χ3v) is 9.99. The molecule has 0 aliphatic heterocycles. The molecular weight excluding hydrogens is 400 g/mol. The predicted molar refractivity (Wildman–Crippen MR) is 105 cm³/mol. The summed E-state index contributed by atoms with van der Waals surface area (Å²) in [4.78, 5) is 12.3. The van der Waals surface area contributed by atoms with Gasteiger partial charge in [-0.15, -0.1) is 3.63 Å². The lowest BCUT2D eigenvalue weighted by molar-refractivity contribution is -0.128. The molecule has 2 bridgehead atoms. The third kappa shape index (κ3) is 2.89. The van der Waals surface area contributed by atoms with Gasteiger partial charge in [0.25, 0.3) is 10.1 Å². The van der Waals surface area contributed by atoms with E-state index in [1.807, 2.05) is 26.0 Å². The van der Waals surface area contributed by atoms with E-state index in [2.05, 4.69) is 0 Å². The summed E-state index contributed by atoms with van der Waals surface area (Å²) in [5, 5.41) is 1.49. The van der Waals surface area contributed by atoms with Crippen LogP contribution in [0.1, 0.15) is 33.1 Å². The summed E-state index contributed by atoms with van der Waals surface area (Å²) in [7, 11) is -9.01. The third-order valence-electron chi connectivity index (χ3n) is 6.77. The zero-order chi connectivity index (χ0) is 20.4. The largest absolute Gasteiger partial charge is 0.311 e. The lowest BCUT2D eigenvalue weighted by Gasteiger charge is -2.35. The molecule has 2 aromatic rings. The molecule has 2 aliphatic rings. The fraction of sp³-hybridized carbons (Fsp3) is 0.450. The smallest absolute Gasteiger partial charge is 0.299 e. The zero-order valence-corrected chi connectivity index (χ0v) is 17.3. The number of hydrogen-bond donors (Lipinski definition) is 0. The Balaban J connectivity index is 1.64. The van der Waals surface area contributed by atoms with Gasteiger partial charge >= 0.3 is 10.1 Å². The Kier molecular flexibility index (Phi) is 4.27. The van der Waals surface area contributed by atoms with Crippen molar-refractivity contribution in [1.29, 1.82) is 0 Å². The Hall–Kier alpha value is -1.77. The molecule has 0 N–H and O–H groups in total. The van der Waals surface area contributed by atoms with E-state index in [0.717, 1.165) is 11.8 Å². The Morgan fingerprint density at radius 3 is 2.32 bits per heavy atom. The van der Waals surface area contributed by atoms with Gasteiger partial charge in [-0.25, -0.2) is 0 Å². The molecule has 28 heavy (non-hydrogen) atoms. The van der Waals surface area contributed by atoms with E-state index in [-0.39, 0.29) is 16.6 Å². The number of carbonyl (C=O) groups is 1. The maximum atomic E-state index is 12.7. The van der Waals surface area contributed by atoms with Crippen LogP contribution >= 0.6 is 0 Å². The summed E-state index contributed by atoms with van der Waals surface area (Å²) < 4.78 is 55.4. The molecule has 0 amide bonds. The van der Waals surface area contributed by atoms with Crippen LogP contribution in [0, 0.1) is 16.7 Å². The quantitative estimate of drug-likeness (QED) is 0.734. The molecule has 6 nitrogen and oxygen atoms in total. The van der Waals surface area contributed by atoms with Crippen LogP contribution in [0.25, 0.3) is 10.8 Å². The second kappa shape index (κ2) is 6.11. The molecule has 0 saturated heterocycles. The van der Waals surface area contributed by atoms with Crippen molar-refractivity contribution >= 4 is 36.8 Å². The van der Waals surface area contributed by atoms with Crippen LogP contribution in [0.3, 0.4) is 0 Å². The highest BCUT2D eigenvalue weighted by Crippen LogP contribution is 2.64. The van der Waals surface area contributed by atoms with Crippen molar-refractivity contribution in [2.45, 2.75) is 38.0 Å². The van der Waals surface area contributed by atoms with Gasteiger partial charge in [-0.3, -0.25) is 4.79 Å². The summed E-state index contributed by atoms with van der Waals surface area (Å²) >= 11 is 0. The van der Waals surface area contributed by atoms with Gasteiger partial charge in [0.1, 0.15) is 5.78 Å². The van der Waals surface area contributed by atoms with E-state index in [1.54, 1.807) is 18.2 Å². The average molecular weight is 423 g/mol. The van der Waals surface area contributed by atoms with Crippen molar-refractivity contribution < 1.29 is 25.3 Å². The monoisotopic (exact) mass is 422 g/mol. The van der Waals surface area contributed by atoms with Gasteiger partial charge in [0.2, 0.25) is 0 Å². The highest BCUT2D eigenvalue weighted by molar-refractivity contribution is 7.99. The topological polar surface area (TPSA) is 94.6 Å². The first kappa shape index (κ1) is 19.5. The molecule has 2 atom stereocenters. The zero-order valence-electron chi connectivity index (χ0n) is 15.7. The van der Waals surface area contributed by atoms with E-state index in [9.17, 15) is 21.6 Å². The normalized spacial score (nSPS) is 26.8. The second-order valence-corrected chi connectivity index (χ2v) is 11.7. The summed E-state index contributed by atoms with van der Waals surface area (Å²) in [6, 6.07) is 11.5. The first-order valence-electron chi connectivity index (χ1n) is 9.18. The van der Waals surface area contributed by atoms with Crippen LogP contribution in [0.4, 0.5) is 0 Å². The van der Waals surface area contributed by atoms with E-state index in [4.69, 9.17) is 3.63 Å². The molecule has 2 unspecified atom stereocenters. The number of rotatable bonds is 5. The first-order chi connectivity index (χ1) is 13.0. The molecule has 0 spiro atoms. The van der Waals surface area contributed by atoms with Gasteiger partial charge in [0, 0.05) is 6.42 Å². The summed E-state index contributed by atoms with van der Waals surface area (Å²) in [5.41, 5.74) is -1.57. The van der Waals surface area contributed by atoms with E-state index in [1.165, 1.54) is 12.1 Å². The van der Waals surface area contributed by atoms with Crippen LogP contribution in [0.5, 0.6) is 0 Å².